The van der Waals surface area contributed by atoms with Gasteiger partial charge in [-0.25, -0.2) is 9.18 Å². The Morgan fingerprint density at radius 3 is 2.53 bits per heavy atom. The minimum Gasteiger partial charge on any atom is -0.388 e. The van der Waals surface area contributed by atoms with Gasteiger partial charge in [0.1, 0.15) is 18.1 Å². The second-order valence-electron chi connectivity index (χ2n) is 8.12. The topological polar surface area (TPSA) is 80.4 Å². The van der Waals surface area contributed by atoms with Crippen molar-refractivity contribution in [3.05, 3.63) is 74.7 Å². The Morgan fingerprint density at radius 1 is 1.22 bits per heavy atom. The van der Waals surface area contributed by atoms with Crippen molar-refractivity contribution >= 4 is 23.2 Å². The summed E-state index contributed by atoms with van der Waals surface area (Å²) in [6.07, 6.45) is 0. The van der Waals surface area contributed by atoms with Crippen LogP contribution in [0.2, 0.25) is 5.02 Å². The zero-order valence-corrected chi connectivity index (χ0v) is 18.8. The van der Waals surface area contributed by atoms with Crippen molar-refractivity contribution in [3.63, 3.8) is 0 Å². The molecule has 3 aromatic rings. The largest absolute Gasteiger partial charge is 0.388 e. The first kappa shape index (κ1) is 22.2. The lowest BCUT2D eigenvalue weighted by Crippen LogP contribution is -2.42. The molecule has 2 aromatic carbocycles. The van der Waals surface area contributed by atoms with Gasteiger partial charge in [0.05, 0.1) is 10.7 Å². The number of anilines is 1. The van der Waals surface area contributed by atoms with Gasteiger partial charge in [0.25, 0.3) is 5.91 Å². The van der Waals surface area contributed by atoms with Crippen LogP contribution in [-0.2, 0) is 13.2 Å². The lowest BCUT2D eigenvalue weighted by atomic mass is 9.81. The van der Waals surface area contributed by atoms with E-state index >= 15 is 4.39 Å². The molecule has 1 N–H and O–H groups in total. The number of carbonyl (C=O) groups is 1. The number of para-hydroxylation sites is 1. The van der Waals surface area contributed by atoms with E-state index in [0.717, 1.165) is 4.68 Å². The van der Waals surface area contributed by atoms with Crippen LogP contribution in [0.15, 0.2) is 41.2 Å². The van der Waals surface area contributed by atoms with Gasteiger partial charge >= 0.3 is 5.69 Å². The van der Waals surface area contributed by atoms with E-state index in [1.165, 1.54) is 16.7 Å². The summed E-state index contributed by atoms with van der Waals surface area (Å²) in [5.41, 5.74) is 0.886. The first-order valence-electron chi connectivity index (χ1n) is 10.5. The number of aliphatic hydroxyl groups is 1. The molecule has 9 heteroatoms. The van der Waals surface area contributed by atoms with Gasteiger partial charge in [-0.2, -0.15) is 4.68 Å². The maximum absolute atomic E-state index is 15.2. The molecule has 0 aliphatic carbocycles. The number of rotatable bonds is 5. The van der Waals surface area contributed by atoms with E-state index in [1.807, 2.05) is 13.8 Å². The van der Waals surface area contributed by atoms with Crippen LogP contribution >= 0.6 is 11.6 Å². The number of aromatic nitrogens is 3. The summed E-state index contributed by atoms with van der Waals surface area (Å²) in [5, 5.41) is 14.1. The smallest absolute Gasteiger partial charge is 0.350 e. The Bertz CT molecular complexity index is 1250. The molecule has 0 radical (unpaired) electrons. The Hall–Kier alpha value is -2.97. The van der Waals surface area contributed by atoms with Crippen molar-refractivity contribution in [2.75, 3.05) is 11.4 Å². The van der Waals surface area contributed by atoms with E-state index in [0.29, 0.717) is 29.4 Å². The minimum absolute atomic E-state index is 0.0414. The summed E-state index contributed by atoms with van der Waals surface area (Å²) in [4.78, 5) is 27.7. The van der Waals surface area contributed by atoms with Crippen LogP contribution in [0.4, 0.5) is 10.1 Å². The predicted molar refractivity (Wildman–Crippen MR) is 120 cm³/mol. The third kappa shape index (κ3) is 3.53. The van der Waals surface area contributed by atoms with Crippen molar-refractivity contribution in [2.45, 2.75) is 39.8 Å². The number of benzene rings is 2. The summed E-state index contributed by atoms with van der Waals surface area (Å²) in [6.45, 7) is 6.02. The molecule has 1 atom stereocenters. The second-order valence-corrected chi connectivity index (χ2v) is 8.53. The van der Waals surface area contributed by atoms with Gasteiger partial charge in [-0.05, 0) is 42.7 Å². The lowest BCUT2D eigenvalue weighted by molar-refractivity contribution is 0.0973. The average Bonchev–Trinajstić information content (AvgIpc) is 3.09. The highest BCUT2D eigenvalue weighted by molar-refractivity contribution is 6.34. The fourth-order valence-electron chi connectivity index (χ4n) is 4.23. The quantitative estimate of drug-likeness (QED) is 0.631. The number of fused-ring (bicyclic) bond motifs is 1. The molecule has 7 nitrogen and oxygen atoms in total. The molecule has 1 aliphatic rings. The molecule has 1 aromatic heterocycles. The molecule has 0 saturated heterocycles. The maximum atomic E-state index is 15.2. The number of halogens is 2. The van der Waals surface area contributed by atoms with Gasteiger partial charge in [-0.15, -0.1) is 5.10 Å². The second kappa shape index (κ2) is 8.52. The molecule has 0 spiro atoms. The zero-order valence-electron chi connectivity index (χ0n) is 18.0. The van der Waals surface area contributed by atoms with Crippen LogP contribution in [0.5, 0.6) is 0 Å². The van der Waals surface area contributed by atoms with Gasteiger partial charge in [-0.3, -0.25) is 9.36 Å². The van der Waals surface area contributed by atoms with Crippen LogP contribution in [0.25, 0.3) is 5.69 Å². The van der Waals surface area contributed by atoms with Crippen molar-refractivity contribution < 1.29 is 14.3 Å². The number of hydrogen-bond donors (Lipinski definition) is 1. The Morgan fingerprint density at radius 2 is 1.94 bits per heavy atom. The fraction of sp³-hybridized carbons (Fsp3) is 0.348. The van der Waals surface area contributed by atoms with Crippen LogP contribution in [0.1, 0.15) is 48.4 Å². The van der Waals surface area contributed by atoms with E-state index in [1.54, 1.807) is 36.1 Å². The third-order valence-electron chi connectivity index (χ3n) is 5.95. The zero-order chi connectivity index (χ0) is 23.2. The van der Waals surface area contributed by atoms with Gasteiger partial charge in [0, 0.05) is 24.6 Å². The standard InChI is InChI=1S/C23H24ClFN4O3/c1-4-27-21(12-30)26-29(23(27)32)20-10-14-15(9-18(20)25)22(31)28(11-16(14)13(2)3)19-8-6-5-7-17(19)24/h5-10,13,16,30H,4,11-12H2,1-3H3/t16-/m0/s1. The summed E-state index contributed by atoms with van der Waals surface area (Å²) >= 11 is 6.34. The summed E-state index contributed by atoms with van der Waals surface area (Å²) < 4.78 is 17.5. The molecule has 32 heavy (non-hydrogen) atoms. The Kier molecular flexibility index (Phi) is 5.92. The molecule has 4 rings (SSSR count). The van der Waals surface area contributed by atoms with Gasteiger partial charge in [0.2, 0.25) is 0 Å². The number of carbonyl (C=O) groups excluding carboxylic acids is 1. The summed E-state index contributed by atoms with van der Waals surface area (Å²) in [7, 11) is 0. The average molecular weight is 459 g/mol. The molecular formula is C23H24ClFN4O3. The van der Waals surface area contributed by atoms with Crippen LogP contribution < -0.4 is 10.6 Å². The molecule has 0 saturated carbocycles. The van der Waals surface area contributed by atoms with Crippen LogP contribution in [0.3, 0.4) is 0 Å². The molecule has 0 bridgehead atoms. The number of nitrogens with zero attached hydrogens (tertiary/aromatic N) is 4. The normalized spacial score (nSPS) is 16.0. The monoisotopic (exact) mass is 458 g/mol. The van der Waals surface area contributed by atoms with Crippen molar-refractivity contribution in [1.29, 1.82) is 0 Å². The Balaban J connectivity index is 1.89. The first-order valence-corrected chi connectivity index (χ1v) is 10.9. The molecule has 2 heterocycles. The number of hydrogen-bond acceptors (Lipinski definition) is 4. The van der Waals surface area contributed by atoms with Crippen molar-refractivity contribution in [2.24, 2.45) is 5.92 Å². The molecule has 0 unspecified atom stereocenters. The first-order chi connectivity index (χ1) is 15.3. The van der Waals surface area contributed by atoms with E-state index in [2.05, 4.69) is 5.10 Å². The van der Waals surface area contributed by atoms with E-state index in [-0.39, 0.29) is 34.8 Å². The molecule has 1 amide bonds. The van der Waals surface area contributed by atoms with E-state index < -0.39 is 18.1 Å². The van der Waals surface area contributed by atoms with Crippen molar-refractivity contribution in [1.82, 2.24) is 14.3 Å². The fourth-order valence-corrected chi connectivity index (χ4v) is 4.47. The van der Waals surface area contributed by atoms with E-state index in [9.17, 15) is 14.7 Å². The number of amides is 1. The maximum Gasteiger partial charge on any atom is 0.350 e. The molecule has 1 aliphatic heterocycles. The third-order valence-corrected chi connectivity index (χ3v) is 6.27. The van der Waals surface area contributed by atoms with Crippen molar-refractivity contribution in [3.8, 4) is 5.69 Å². The minimum atomic E-state index is -0.743. The number of aliphatic hydroxyl groups excluding tert-OH is 1. The lowest BCUT2D eigenvalue weighted by Gasteiger charge is -2.37. The van der Waals surface area contributed by atoms with Gasteiger partial charge in [0.15, 0.2) is 5.82 Å². The SMILES string of the molecule is CCn1c(CO)nn(-c2cc3c(cc2F)C(=O)N(c2ccccc2Cl)C[C@H]3C(C)C)c1=O. The van der Waals surface area contributed by atoms with Gasteiger partial charge < -0.3 is 10.0 Å². The highest BCUT2D eigenvalue weighted by Crippen LogP contribution is 2.39. The summed E-state index contributed by atoms with van der Waals surface area (Å²) in [5.74, 6) is -0.926. The molecule has 168 valence electrons. The van der Waals surface area contributed by atoms with Crippen LogP contribution in [-0.4, -0.2) is 31.9 Å². The molecular weight excluding hydrogens is 435 g/mol. The predicted octanol–water partition coefficient (Wildman–Crippen LogP) is 3.74. The highest BCUT2D eigenvalue weighted by atomic mass is 35.5. The van der Waals surface area contributed by atoms with Gasteiger partial charge in [-0.1, -0.05) is 37.6 Å². The molecule has 0 fully saturated rings. The van der Waals surface area contributed by atoms with Crippen LogP contribution in [0, 0.1) is 11.7 Å². The van der Waals surface area contributed by atoms with E-state index in [4.69, 9.17) is 11.6 Å². The highest BCUT2D eigenvalue weighted by Gasteiger charge is 2.36. The summed E-state index contributed by atoms with van der Waals surface area (Å²) in [6, 6.07) is 9.76. The Labute approximate surface area is 189 Å².